The van der Waals surface area contributed by atoms with Crippen LogP contribution in [0.2, 0.25) is 5.02 Å². The van der Waals surface area contributed by atoms with Crippen LogP contribution < -0.4 is 10.1 Å². The van der Waals surface area contributed by atoms with Crippen LogP contribution in [-0.2, 0) is 4.79 Å². The minimum Gasteiger partial charge on any atom is -0.495 e. The number of carbonyl (C=O) groups is 2. The highest BCUT2D eigenvalue weighted by atomic mass is 35.5. The van der Waals surface area contributed by atoms with Gasteiger partial charge in [0.05, 0.1) is 17.7 Å². The zero-order valence-electron chi connectivity index (χ0n) is 13.1. The van der Waals surface area contributed by atoms with Crippen LogP contribution in [0.1, 0.15) is 22.5 Å². The number of nitrogens with one attached hydrogen (secondary N) is 1. The molecule has 1 aliphatic heterocycles. The van der Waals surface area contributed by atoms with E-state index in [4.69, 9.17) is 16.3 Å². The Labute approximate surface area is 149 Å². The number of hydrogen-bond acceptors (Lipinski definition) is 4. The molecule has 1 saturated heterocycles. The first-order valence-corrected chi connectivity index (χ1v) is 8.85. The van der Waals surface area contributed by atoms with Gasteiger partial charge in [-0.2, -0.15) is 0 Å². The Bertz CT molecular complexity index is 748. The molecule has 1 fully saturated rings. The van der Waals surface area contributed by atoms with Crippen molar-refractivity contribution in [1.29, 1.82) is 0 Å². The van der Waals surface area contributed by atoms with Crippen LogP contribution in [0, 0.1) is 0 Å². The Morgan fingerprint density at radius 2 is 2.21 bits per heavy atom. The predicted molar refractivity (Wildman–Crippen MR) is 95.0 cm³/mol. The van der Waals surface area contributed by atoms with Crippen molar-refractivity contribution in [2.24, 2.45) is 0 Å². The van der Waals surface area contributed by atoms with Crippen molar-refractivity contribution in [2.45, 2.75) is 18.9 Å². The maximum atomic E-state index is 12.7. The summed E-state index contributed by atoms with van der Waals surface area (Å²) in [5.41, 5.74) is 0.505. The lowest BCUT2D eigenvalue weighted by Crippen LogP contribution is -2.43. The maximum absolute atomic E-state index is 12.7. The zero-order chi connectivity index (χ0) is 17.1. The first-order chi connectivity index (χ1) is 11.6. The second-order valence-corrected chi connectivity index (χ2v) is 6.85. The third kappa shape index (κ3) is 3.39. The minimum absolute atomic E-state index is 0.0966. The molecular formula is C17H17ClN2O3S. The average Bonchev–Trinajstić information content (AvgIpc) is 3.26. The molecule has 2 heterocycles. The normalized spacial score (nSPS) is 16.9. The molecular weight excluding hydrogens is 348 g/mol. The van der Waals surface area contributed by atoms with Gasteiger partial charge in [-0.15, -0.1) is 11.3 Å². The van der Waals surface area contributed by atoms with Gasteiger partial charge in [-0.05, 0) is 42.5 Å². The summed E-state index contributed by atoms with van der Waals surface area (Å²) < 4.78 is 5.24. The van der Waals surface area contributed by atoms with Gasteiger partial charge in [0.25, 0.3) is 5.91 Å². The Hall–Kier alpha value is -2.05. The average molecular weight is 365 g/mol. The number of carbonyl (C=O) groups excluding carboxylic acids is 2. The van der Waals surface area contributed by atoms with E-state index in [1.165, 1.54) is 18.4 Å². The Balaban J connectivity index is 1.77. The number of likely N-dealkylation sites (tertiary alicyclic amines) is 1. The molecule has 0 radical (unpaired) electrons. The van der Waals surface area contributed by atoms with Gasteiger partial charge in [0.2, 0.25) is 5.91 Å². The molecule has 0 aliphatic carbocycles. The van der Waals surface area contributed by atoms with Gasteiger partial charge in [-0.3, -0.25) is 9.59 Å². The van der Waals surface area contributed by atoms with Gasteiger partial charge in [0.15, 0.2) is 0 Å². The van der Waals surface area contributed by atoms with Crippen LogP contribution >= 0.6 is 22.9 Å². The maximum Gasteiger partial charge on any atom is 0.264 e. The van der Waals surface area contributed by atoms with E-state index in [2.05, 4.69) is 5.32 Å². The van der Waals surface area contributed by atoms with E-state index < -0.39 is 6.04 Å². The van der Waals surface area contributed by atoms with E-state index in [0.29, 0.717) is 34.3 Å². The molecule has 1 aliphatic rings. The molecule has 0 bridgehead atoms. The van der Waals surface area contributed by atoms with Gasteiger partial charge in [0.1, 0.15) is 11.8 Å². The summed E-state index contributed by atoms with van der Waals surface area (Å²) in [6, 6.07) is 8.15. The van der Waals surface area contributed by atoms with E-state index in [0.717, 1.165) is 6.42 Å². The molecule has 0 unspecified atom stereocenters. The summed E-state index contributed by atoms with van der Waals surface area (Å²) in [4.78, 5) is 27.5. The minimum atomic E-state index is -0.483. The molecule has 5 nitrogen and oxygen atoms in total. The number of halogens is 1. The van der Waals surface area contributed by atoms with E-state index in [1.54, 1.807) is 29.2 Å². The second kappa shape index (κ2) is 7.23. The number of rotatable bonds is 4. The van der Waals surface area contributed by atoms with Crippen molar-refractivity contribution in [3.8, 4) is 5.75 Å². The van der Waals surface area contributed by atoms with E-state index >= 15 is 0 Å². The zero-order valence-corrected chi connectivity index (χ0v) is 14.7. The molecule has 1 aromatic carbocycles. The van der Waals surface area contributed by atoms with Gasteiger partial charge in [0, 0.05) is 11.6 Å². The quantitative estimate of drug-likeness (QED) is 0.900. The van der Waals surface area contributed by atoms with E-state index in [9.17, 15) is 9.59 Å². The number of benzene rings is 1. The van der Waals surface area contributed by atoms with Crippen molar-refractivity contribution in [2.75, 3.05) is 19.0 Å². The lowest BCUT2D eigenvalue weighted by Gasteiger charge is -2.23. The highest BCUT2D eigenvalue weighted by molar-refractivity contribution is 7.12. The fraction of sp³-hybridized carbons (Fsp3) is 0.294. The molecule has 1 N–H and O–H groups in total. The number of amides is 2. The van der Waals surface area contributed by atoms with Crippen LogP contribution in [0.3, 0.4) is 0 Å². The number of hydrogen-bond donors (Lipinski definition) is 1. The van der Waals surface area contributed by atoms with Crippen molar-refractivity contribution in [3.63, 3.8) is 0 Å². The fourth-order valence-electron chi connectivity index (χ4n) is 2.82. The van der Waals surface area contributed by atoms with Crippen LogP contribution in [0.4, 0.5) is 5.69 Å². The van der Waals surface area contributed by atoms with Crippen LogP contribution in [-0.4, -0.2) is 36.4 Å². The fourth-order valence-corrected chi connectivity index (χ4v) is 3.67. The summed E-state index contributed by atoms with van der Waals surface area (Å²) in [5, 5.41) is 5.20. The summed E-state index contributed by atoms with van der Waals surface area (Å²) in [5.74, 6) is 0.209. The van der Waals surface area contributed by atoms with Crippen LogP contribution in [0.15, 0.2) is 35.7 Å². The largest absolute Gasteiger partial charge is 0.495 e. The van der Waals surface area contributed by atoms with Crippen LogP contribution in [0.25, 0.3) is 0 Å². The predicted octanol–water partition coefficient (Wildman–Crippen LogP) is 3.65. The highest BCUT2D eigenvalue weighted by Gasteiger charge is 2.35. The standard InChI is InChI=1S/C17H17ClN2O3S/c1-23-14-7-6-11(18)10-12(14)19-16(21)13-4-2-8-20(13)17(22)15-5-3-9-24-15/h3,5-7,9-10,13H,2,4,8H2,1H3,(H,19,21)/t13-/m1/s1. The molecule has 0 saturated carbocycles. The summed E-state index contributed by atoms with van der Waals surface area (Å²) in [6.07, 6.45) is 1.45. The van der Waals surface area contributed by atoms with Crippen molar-refractivity contribution in [1.82, 2.24) is 4.90 Å². The molecule has 7 heteroatoms. The number of anilines is 1. The molecule has 0 spiro atoms. The first-order valence-electron chi connectivity index (χ1n) is 7.59. The molecule has 24 heavy (non-hydrogen) atoms. The molecule has 2 amide bonds. The lowest BCUT2D eigenvalue weighted by molar-refractivity contribution is -0.119. The molecule has 1 atom stereocenters. The third-order valence-corrected chi connectivity index (χ3v) is 5.06. The van der Waals surface area contributed by atoms with Crippen molar-refractivity contribution >= 4 is 40.4 Å². The monoisotopic (exact) mass is 364 g/mol. The smallest absolute Gasteiger partial charge is 0.264 e. The van der Waals surface area contributed by atoms with E-state index in [-0.39, 0.29) is 11.8 Å². The first kappa shape index (κ1) is 16.8. The lowest BCUT2D eigenvalue weighted by atomic mass is 10.2. The summed E-state index contributed by atoms with van der Waals surface area (Å²) >= 11 is 7.38. The van der Waals surface area contributed by atoms with Crippen molar-refractivity contribution in [3.05, 3.63) is 45.6 Å². The number of thiophene rings is 1. The highest BCUT2D eigenvalue weighted by Crippen LogP contribution is 2.29. The Morgan fingerprint density at radius 3 is 2.92 bits per heavy atom. The second-order valence-electron chi connectivity index (χ2n) is 5.47. The SMILES string of the molecule is COc1ccc(Cl)cc1NC(=O)[C@H]1CCCN1C(=O)c1cccs1. The molecule has 126 valence electrons. The van der Waals surface area contributed by atoms with Gasteiger partial charge in [-0.1, -0.05) is 17.7 Å². The third-order valence-electron chi connectivity index (χ3n) is 3.97. The van der Waals surface area contributed by atoms with Crippen LogP contribution in [0.5, 0.6) is 5.75 Å². The Morgan fingerprint density at radius 1 is 1.38 bits per heavy atom. The van der Waals surface area contributed by atoms with E-state index in [1.807, 2.05) is 11.4 Å². The summed E-state index contributed by atoms with van der Waals surface area (Å²) in [6.45, 7) is 0.585. The van der Waals surface area contributed by atoms with Gasteiger partial charge < -0.3 is 15.0 Å². The number of nitrogens with zero attached hydrogens (tertiary/aromatic N) is 1. The topological polar surface area (TPSA) is 58.6 Å². The van der Waals surface area contributed by atoms with Gasteiger partial charge >= 0.3 is 0 Å². The number of ether oxygens (including phenoxy) is 1. The molecule has 2 aromatic rings. The Kier molecular flexibility index (Phi) is 5.06. The molecule has 1 aromatic heterocycles. The number of methoxy groups -OCH3 is 1. The van der Waals surface area contributed by atoms with Crippen molar-refractivity contribution < 1.29 is 14.3 Å². The summed E-state index contributed by atoms with van der Waals surface area (Å²) in [7, 11) is 1.53. The van der Waals surface area contributed by atoms with Gasteiger partial charge in [-0.25, -0.2) is 0 Å². The molecule has 3 rings (SSSR count).